The van der Waals surface area contributed by atoms with Gasteiger partial charge in [-0.15, -0.1) is 0 Å². The Kier molecular flexibility index (Phi) is 3.77. The van der Waals surface area contributed by atoms with E-state index in [9.17, 15) is 5.11 Å². The summed E-state index contributed by atoms with van der Waals surface area (Å²) in [6, 6.07) is 6.89. The van der Waals surface area contributed by atoms with Gasteiger partial charge in [0.2, 0.25) is 0 Å². The van der Waals surface area contributed by atoms with Gasteiger partial charge in [0.25, 0.3) is 0 Å². The molecule has 0 bridgehead atoms. The molecule has 0 aliphatic carbocycles. The summed E-state index contributed by atoms with van der Waals surface area (Å²) in [6.45, 7) is 0. The molecular weight excluding hydrogens is 264 g/mol. The molecule has 0 aliphatic heterocycles. The van der Waals surface area contributed by atoms with Gasteiger partial charge >= 0.3 is 0 Å². The molecule has 98 valence electrons. The smallest absolute Gasteiger partial charge is 0.127 e. The summed E-state index contributed by atoms with van der Waals surface area (Å²) in [5, 5.41) is 14.2. The average Bonchev–Trinajstić information content (AvgIpc) is 2.89. The van der Waals surface area contributed by atoms with Gasteiger partial charge in [0.15, 0.2) is 0 Å². The molecule has 5 nitrogen and oxygen atoms in total. The van der Waals surface area contributed by atoms with Gasteiger partial charge in [-0.3, -0.25) is 0 Å². The van der Waals surface area contributed by atoms with Crippen molar-refractivity contribution in [1.29, 1.82) is 0 Å². The number of nitrogens with two attached hydrogens (primary N) is 2. The number of aromatic hydroxyl groups is 1. The number of nitrogens with zero attached hydrogens (tertiary/aromatic N) is 2. The summed E-state index contributed by atoms with van der Waals surface area (Å²) in [6.07, 6.45) is 6.43. The number of hydrogen-bond donors (Lipinski definition) is 3. The first-order valence-corrected chi connectivity index (χ1v) is 5.87. The second kappa shape index (κ2) is 5.49. The molecule has 0 amide bonds. The van der Waals surface area contributed by atoms with Crippen LogP contribution in [-0.2, 0) is 0 Å². The highest BCUT2D eigenvalue weighted by molar-refractivity contribution is 6.29. The first-order valence-electron chi connectivity index (χ1n) is 5.50. The Bertz CT molecular complexity index is 628. The Morgan fingerprint density at radius 2 is 2.11 bits per heavy atom. The standard InChI is InChI=1S/C13H13ClN4O/c14-13(16)5-4-11(15)10-3-2-9(8-12(10)19)18-7-1-6-17-18/h1-8,19H,15-16H2/b11-4-,13-5-. The largest absolute Gasteiger partial charge is 0.507 e. The molecule has 1 aromatic heterocycles. The monoisotopic (exact) mass is 276 g/mol. The number of allylic oxidation sites excluding steroid dienone is 2. The molecule has 0 saturated carbocycles. The Balaban J connectivity index is 2.35. The maximum Gasteiger partial charge on any atom is 0.127 e. The van der Waals surface area contributed by atoms with Crippen LogP contribution < -0.4 is 11.5 Å². The molecule has 2 rings (SSSR count). The Morgan fingerprint density at radius 3 is 2.68 bits per heavy atom. The van der Waals surface area contributed by atoms with Crippen molar-refractivity contribution in [3.8, 4) is 11.4 Å². The Morgan fingerprint density at radius 1 is 1.32 bits per heavy atom. The van der Waals surface area contributed by atoms with Gasteiger partial charge in [0, 0.05) is 29.7 Å². The van der Waals surface area contributed by atoms with Crippen LogP contribution in [0.15, 0.2) is 54.0 Å². The van der Waals surface area contributed by atoms with Crippen molar-refractivity contribution in [3.05, 3.63) is 59.5 Å². The zero-order chi connectivity index (χ0) is 13.8. The van der Waals surface area contributed by atoms with Crippen molar-refractivity contribution < 1.29 is 5.11 Å². The van der Waals surface area contributed by atoms with E-state index in [1.54, 1.807) is 41.3 Å². The van der Waals surface area contributed by atoms with E-state index in [0.717, 1.165) is 5.69 Å². The van der Waals surface area contributed by atoms with Crippen molar-refractivity contribution in [2.45, 2.75) is 0 Å². The zero-order valence-corrected chi connectivity index (χ0v) is 10.7. The molecule has 1 aromatic carbocycles. The highest BCUT2D eigenvalue weighted by Crippen LogP contribution is 2.25. The second-order valence-corrected chi connectivity index (χ2v) is 4.26. The van der Waals surface area contributed by atoms with Crippen LogP contribution in [0.25, 0.3) is 11.4 Å². The van der Waals surface area contributed by atoms with Crippen molar-refractivity contribution in [2.24, 2.45) is 11.5 Å². The van der Waals surface area contributed by atoms with Crippen LogP contribution in [0.5, 0.6) is 5.75 Å². The SMILES string of the molecule is N/C(=C\C=C(/N)Cl)c1ccc(-n2cccn2)cc1O. The van der Waals surface area contributed by atoms with E-state index in [-0.39, 0.29) is 10.9 Å². The van der Waals surface area contributed by atoms with Crippen LogP contribution in [-0.4, -0.2) is 14.9 Å². The first-order chi connectivity index (χ1) is 9.08. The first kappa shape index (κ1) is 13.0. The van der Waals surface area contributed by atoms with Crippen LogP contribution >= 0.6 is 11.6 Å². The van der Waals surface area contributed by atoms with E-state index in [2.05, 4.69) is 5.10 Å². The minimum absolute atomic E-state index is 0.0586. The Labute approximate surface area is 115 Å². The van der Waals surface area contributed by atoms with E-state index < -0.39 is 0 Å². The molecule has 1 heterocycles. The normalized spacial score (nSPS) is 12.7. The lowest BCUT2D eigenvalue weighted by Crippen LogP contribution is -1.99. The Hall–Kier alpha value is -2.40. The lowest BCUT2D eigenvalue weighted by Gasteiger charge is -2.07. The van der Waals surface area contributed by atoms with E-state index in [1.165, 1.54) is 12.2 Å². The molecule has 0 saturated heterocycles. The molecule has 0 atom stereocenters. The summed E-state index contributed by atoms with van der Waals surface area (Å²) in [5.74, 6) is 0.0586. The van der Waals surface area contributed by atoms with Crippen molar-refractivity contribution >= 4 is 17.3 Å². The van der Waals surface area contributed by atoms with Crippen LogP contribution in [0.2, 0.25) is 0 Å². The highest BCUT2D eigenvalue weighted by Gasteiger charge is 2.06. The van der Waals surface area contributed by atoms with Gasteiger partial charge in [0.1, 0.15) is 5.75 Å². The zero-order valence-electron chi connectivity index (χ0n) is 9.99. The average molecular weight is 277 g/mol. The number of phenolic OH excluding ortho intramolecular Hbond substituents is 1. The summed E-state index contributed by atoms with van der Waals surface area (Å²) in [5.41, 5.74) is 12.7. The minimum Gasteiger partial charge on any atom is -0.507 e. The molecule has 6 heteroatoms. The van der Waals surface area contributed by atoms with Crippen LogP contribution in [0.1, 0.15) is 5.56 Å². The fourth-order valence-corrected chi connectivity index (χ4v) is 1.65. The summed E-state index contributed by atoms with van der Waals surface area (Å²) in [7, 11) is 0. The predicted molar refractivity (Wildman–Crippen MR) is 75.5 cm³/mol. The van der Waals surface area contributed by atoms with Gasteiger partial charge in [-0.25, -0.2) is 4.68 Å². The van der Waals surface area contributed by atoms with Crippen molar-refractivity contribution in [3.63, 3.8) is 0 Å². The van der Waals surface area contributed by atoms with Gasteiger partial charge < -0.3 is 16.6 Å². The molecule has 0 radical (unpaired) electrons. The molecule has 0 fully saturated rings. The number of halogens is 1. The topological polar surface area (TPSA) is 90.1 Å². The molecule has 5 N–H and O–H groups in total. The molecular formula is C13H13ClN4O. The summed E-state index contributed by atoms with van der Waals surface area (Å²) in [4.78, 5) is 0. The third kappa shape index (κ3) is 3.08. The molecule has 0 unspecified atom stereocenters. The molecule has 19 heavy (non-hydrogen) atoms. The number of benzene rings is 1. The van der Waals surface area contributed by atoms with Crippen LogP contribution in [0.3, 0.4) is 0 Å². The number of aromatic nitrogens is 2. The van der Waals surface area contributed by atoms with Gasteiger partial charge in [-0.2, -0.15) is 5.10 Å². The fraction of sp³-hybridized carbons (Fsp3) is 0. The predicted octanol–water partition coefficient (Wildman–Crippen LogP) is 1.92. The van der Waals surface area contributed by atoms with Crippen LogP contribution in [0.4, 0.5) is 0 Å². The second-order valence-electron chi connectivity index (χ2n) is 3.83. The van der Waals surface area contributed by atoms with E-state index in [0.29, 0.717) is 11.3 Å². The third-order valence-electron chi connectivity index (χ3n) is 2.48. The lowest BCUT2D eigenvalue weighted by atomic mass is 10.1. The van der Waals surface area contributed by atoms with Crippen molar-refractivity contribution in [2.75, 3.05) is 0 Å². The quantitative estimate of drug-likeness (QED) is 0.590. The molecule has 0 spiro atoms. The maximum absolute atomic E-state index is 9.98. The highest BCUT2D eigenvalue weighted by atomic mass is 35.5. The number of hydrogen-bond acceptors (Lipinski definition) is 4. The number of rotatable bonds is 3. The fourth-order valence-electron chi connectivity index (χ4n) is 1.59. The third-order valence-corrected chi connectivity index (χ3v) is 2.61. The van der Waals surface area contributed by atoms with Gasteiger partial charge in [0.05, 0.1) is 10.8 Å². The number of phenols is 1. The maximum atomic E-state index is 9.98. The van der Waals surface area contributed by atoms with E-state index in [1.807, 2.05) is 0 Å². The van der Waals surface area contributed by atoms with Gasteiger partial charge in [-0.05, 0) is 30.4 Å². The van der Waals surface area contributed by atoms with E-state index >= 15 is 0 Å². The van der Waals surface area contributed by atoms with Crippen molar-refractivity contribution in [1.82, 2.24) is 9.78 Å². The summed E-state index contributed by atoms with van der Waals surface area (Å²) < 4.78 is 1.64. The van der Waals surface area contributed by atoms with E-state index in [4.69, 9.17) is 23.1 Å². The molecule has 0 aliphatic rings. The lowest BCUT2D eigenvalue weighted by molar-refractivity contribution is 0.473. The minimum atomic E-state index is 0.0586. The van der Waals surface area contributed by atoms with Crippen LogP contribution in [0, 0.1) is 0 Å². The molecule has 2 aromatic rings. The van der Waals surface area contributed by atoms with Gasteiger partial charge in [-0.1, -0.05) is 11.6 Å². The summed E-state index contributed by atoms with van der Waals surface area (Å²) >= 11 is 5.51.